The molecule has 0 radical (unpaired) electrons. The van der Waals surface area contributed by atoms with Gasteiger partial charge in [0.15, 0.2) is 0 Å². The Morgan fingerprint density at radius 2 is 1.76 bits per heavy atom. The fourth-order valence-electron chi connectivity index (χ4n) is 1.37. The van der Waals surface area contributed by atoms with Crippen LogP contribution in [-0.2, 0) is 0 Å². The van der Waals surface area contributed by atoms with Gasteiger partial charge in [-0.15, -0.1) is 0 Å². The zero-order chi connectivity index (χ0) is 12.9. The van der Waals surface area contributed by atoms with E-state index in [0.717, 1.165) is 12.2 Å². The highest BCUT2D eigenvalue weighted by Crippen LogP contribution is 2.16. The predicted molar refractivity (Wildman–Crippen MR) is 72.4 cm³/mol. The van der Waals surface area contributed by atoms with Crippen LogP contribution in [0.1, 0.15) is 38.1 Å². The molecule has 3 heteroatoms. The van der Waals surface area contributed by atoms with Gasteiger partial charge in [0.05, 0.1) is 0 Å². The van der Waals surface area contributed by atoms with Gasteiger partial charge in [-0.2, -0.15) is 0 Å². The third-order valence-electron chi connectivity index (χ3n) is 2.31. The number of hydrogen-bond donors (Lipinski definition) is 2. The number of amides is 1. The molecule has 0 aliphatic rings. The van der Waals surface area contributed by atoms with Crippen LogP contribution in [0.3, 0.4) is 0 Å². The predicted octanol–water partition coefficient (Wildman–Crippen LogP) is 2.89. The van der Waals surface area contributed by atoms with Crippen LogP contribution in [-0.4, -0.2) is 19.0 Å². The van der Waals surface area contributed by atoms with Gasteiger partial charge >= 0.3 is 0 Å². The third kappa shape index (κ3) is 4.89. The summed E-state index contributed by atoms with van der Waals surface area (Å²) >= 11 is 0. The molecular formula is C14H22N2O. The molecule has 2 N–H and O–H groups in total. The van der Waals surface area contributed by atoms with Crippen LogP contribution in [0.4, 0.5) is 5.69 Å². The molecule has 0 unspecified atom stereocenters. The first-order valence-corrected chi connectivity index (χ1v) is 6.04. The minimum atomic E-state index is -0.0186. The Bertz CT molecular complexity index is 363. The van der Waals surface area contributed by atoms with Gasteiger partial charge in [0, 0.05) is 24.3 Å². The highest BCUT2D eigenvalue weighted by Gasteiger charge is 2.09. The Kier molecular flexibility index (Phi) is 4.55. The third-order valence-corrected chi connectivity index (χ3v) is 2.31. The van der Waals surface area contributed by atoms with E-state index in [1.54, 1.807) is 0 Å². The molecule has 0 atom stereocenters. The molecule has 1 aromatic carbocycles. The van der Waals surface area contributed by atoms with Gasteiger partial charge in [0.2, 0.25) is 0 Å². The fourth-order valence-corrected chi connectivity index (χ4v) is 1.37. The molecule has 0 fully saturated rings. The molecule has 1 amide bonds. The van der Waals surface area contributed by atoms with Gasteiger partial charge in [-0.3, -0.25) is 4.79 Å². The van der Waals surface area contributed by atoms with Crippen LogP contribution >= 0.6 is 0 Å². The van der Waals surface area contributed by atoms with Gasteiger partial charge in [-0.1, -0.05) is 20.8 Å². The molecule has 0 aliphatic heterocycles. The first-order valence-electron chi connectivity index (χ1n) is 6.04. The lowest BCUT2D eigenvalue weighted by Crippen LogP contribution is -2.22. The Hall–Kier alpha value is -1.51. The van der Waals surface area contributed by atoms with Crippen molar-refractivity contribution in [2.45, 2.75) is 27.7 Å². The van der Waals surface area contributed by atoms with E-state index in [9.17, 15) is 4.79 Å². The van der Waals surface area contributed by atoms with E-state index in [1.807, 2.05) is 31.2 Å². The van der Waals surface area contributed by atoms with Crippen molar-refractivity contribution >= 4 is 11.6 Å². The van der Waals surface area contributed by atoms with Crippen molar-refractivity contribution in [1.82, 2.24) is 5.32 Å². The second kappa shape index (κ2) is 5.71. The number of nitrogens with one attached hydrogen (secondary N) is 2. The molecule has 17 heavy (non-hydrogen) atoms. The summed E-state index contributed by atoms with van der Waals surface area (Å²) < 4.78 is 0. The molecule has 0 spiro atoms. The number of hydrogen-bond acceptors (Lipinski definition) is 2. The topological polar surface area (TPSA) is 41.1 Å². The molecule has 94 valence electrons. The number of benzene rings is 1. The SMILES string of the molecule is CCNC(=O)c1ccc(NCC(C)(C)C)cc1. The van der Waals surface area contributed by atoms with E-state index in [2.05, 4.69) is 31.4 Å². The van der Waals surface area contributed by atoms with Crippen molar-refractivity contribution in [3.8, 4) is 0 Å². The summed E-state index contributed by atoms with van der Waals surface area (Å²) in [5.74, 6) is -0.0186. The number of carbonyl (C=O) groups is 1. The minimum Gasteiger partial charge on any atom is -0.385 e. The summed E-state index contributed by atoms with van der Waals surface area (Å²) in [4.78, 5) is 11.5. The van der Waals surface area contributed by atoms with E-state index >= 15 is 0 Å². The largest absolute Gasteiger partial charge is 0.385 e. The van der Waals surface area contributed by atoms with Crippen LogP contribution in [0.5, 0.6) is 0 Å². The quantitative estimate of drug-likeness (QED) is 0.841. The van der Waals surface area contributed by atoms with Crippen molar-refractivity contribution in [3.05, 3.63) is 29.8 Å². The zero-order valence-corrected chi connectivity index (χ0v) is 11.1. The van der Waals surface area contributed by atoms with Crippen LogP contribution in [0.15, 0.2) is 24.3 Å². The lowest BCUT2D eigenvalue weighted by Gasteiger charge is -2.19. The molecule has 1 rings (SSSR count). The van der Waals surface area contributed by atoms with Crippen molar-refractivity contribution in [1.29, 1.82) is 0 Å². The number of rotatable bonds is 4. The van der Waals surface area contributed by atoms with Crippen LogP contribution in [0.25, 0.3) is 0 Å². The maximum atomic E-state index is 11.5. The summed E-state index contributed by atoms with van der Waals surface area (Å²) in [6.07, 6.45) is 0. The lowest BCUT2D eigenvalue weighted by atomic mass is 9.97. The maximum Gasteiger partial charge on any atom is 0.251 e. The highest BCUT2D eigenvalue weighted by atomic mass is 16.1. The highest BCUT2D eigenvalue weighted by molar-refractivity contribution is 5.94. The molecule has 0 saturated carbocycles. The van der Waals surface area contributed by atoms with Crippen LogP contribution < -0.4 is 10.6 Å². The standard InChI is InChI=1S/C14H22N2O/c1-5-15-13(17)11-6-8-12(9-7-11)16-10-14(2,3)4/h6-9,16H,5,10H2,1-4H3,(H,15,17). The molecule has 1 aromatic rings. The van der Waals surface area contributed by atoms with E-state index in [4.69, 9.17) is 0 Å². The summed E-state index contributed by atoms with van der Waals surface area (Å²) in [6.45, 7) is 10.0. The van der Waals surface area contributed by atoms with Crippen molar-refractivity contribution < 1.29 is 4.79 Å². The maximum absolute atomic E-state index is 11.5. The lowest BCUT2D eigenvalue weighted by molar-refractivity contribution is 0.0956. The van der Waals surface area contributed by atoms with Crippen molar-refractivity contribution in [2.75, 3.05) is 18.4 Å². The van der Waals surface area contributed by atoms with E-state index in [0.29, 0.717) is 12.1 Å². The summed E-state index contributed by atoms with van der Waals surface area (Å²) in [5, 5.41) is 6.13. The van der Waals surface area contributed by atoms with Gasteiger partial charge in [0.25, 0.3) is 5.91 Å². The Morgan fingerprint density at radius 3 is 2.24 bits per heavy atom. The molecule has 0 saturated heterocycles. The first-order chi connectivity index (χ1) is 7.92. The smallest absolute Gasteiger partial charge is 0.251 e. The Labute approximate surface area is 104 Å². The summed E-state index contributed by atoms with van der Waals surface area (Å²) in [5.41, 5.74) is 2.00. The molecular weight excluding hydrogens is 212 g/mol. The second-order valence-corrected chi connectivity index (χ2v) is 5.35. The van der Waals surface area contributed by atoms with Gasteiger partial charge in [-0.05, 0) is 36.6 Å². The summed E-state index contributed by atoms with van der Waals surface area (Å²) in [7, 11) is 0. The average Bonchev–Trinajstić information content (AvgIpc) is 2.26. The van der Waals surface area contributed by atoms with E-state index < -0.39 is 0 Å². The first kappa shape index (κ1) is 13.6. The molecule has 0 aliphatic carbocycles. The fraction of sp³-hybridized carbons (Fsp3) is 0.500. The van der Waals surface area contributed by atoms with Crippen LogP contribution in [0.2, 0.25) is 0 Å². The number of carbonyl (C=O) groups excluding carboxylic acids is 1. The van der Waals surface area contributed by atoms with Gasteiger partial charge in [-0.25, -0.2) is 0 Å². The zero-order valence-electron chi connectivity index (χ0n) is 11.1. The molecule has 3 nitrogen and oxygen atoms in total. The monoisotopic (exact) mass is 234 g/mol. The van der Waals surface area contributed by atoms with Gasteiger partial charge in [0.1, 0.15) is 0 Å². The molecule has 0 bridgehead atoms. The second-order valence-electron chi connectivity index (χ2n) is 5.35. The average molecular weight is 234 g/mol. The van der Waals surface area contributed by atoms with Crippen LogP contribution in [0, 0.1) is 5.41 Å². The minimum absolute atomic E-state index is 0.0186. The normalized spacial score (nSPS) is 11.1. The van der Waals surface area contributed by atoms with E-state index in [1.165, 1.54) is 0 Å². The van der Waals surface area contributed by atoms with E-state index in [-0.39, 0.29) is 11.3 Å². The Balaban J connectivity index is 2.59. The molecule has 0 aromatic heterocycles. The van der Waals surface area contributed by atoms with Crippen molar-refractivity contribution in [3.63, 3.8) is 0 Å². The van der Waals surface area contributed by atoms with Crippen molar-refractivity contribution in [2.24, 2.45) is 5.41 Å². The summed E-state index contributed by atoms with van der Waals surface area (Å²) in [6, 6.07) is 7.57. The van der Waals surface area contributed by atoms with Gasteiger partial charge < -0.3 is 10.6 Å². The Morgan fingerprint density at radius 1 is 1.18 bits per heavy atom. The molecule has 0 heterocycles. The number of anilines is 1.